The van der Waals surface area contributed by atoms with Crippen LogP contribution < -0.4 is 4.72 Å². The monoisotopic (exact) mass is 352 g/mol. The molecule has 0 aromatic heterocycles. The highest BCUT2D eigenvalue weighted by Crippen LogP contribution is 2.29. The van der Waals surface area contributed by atoms with E-state index in [1.807, 2.05) is 39.0 Å². The maximum absolute atomic E-state index is 12.9. The van der Waals surface area contributed by atoms with Crippen LogP contribution in [0.5, 0.6) is 0 Å². The summed E-state index contributed by atoms with van der Waals surface area (Å²) in [7, 11) is -3.44. The van der Waals surface area contributed by atoms with Crippen LogP contribution >= 0.6 is 0 Å². The standard InChI is InChI=1S/C18H28N2O3S/c1-18(2,3)16(19-24(4,22)23)17(21)20-12-10-15(11-13-20)14-8-6-5-7-9-14/h5-9,15-16,19H,10-13H2,1-4H3. The Labute approximate surface area is 145 Å². The van der Waals surface area contributed by atoms with E-state index >= 15 is 0 Å². The lowest BCUT2D eigenvalue weighted by atomic mass is 9.85. The van der Waals surface area contributed by atoms with Gasteiger partial charge in [0.25, 0.3) is 0 Å². The third-order valence-corrected chi connectivity index (χ3v) is 5.19. The summed E-state index contributed by atoms with van der Waals surface area (Å²) in [6.07, 6.45) is 2.91. The second kappa shape index (κ2) is 7.23. The summed E-state index contributed by atoms with van der Waals surface area (Å²) in [5.74, 6) is 0.339. The fraction of sp³-hybridized carbons (Fsp3) is 0.611. The molecule has 1 aliphatic heterocycles. The molecule has 1 aromatic rings. The Morgan fingerprint density at radius 1 is 1.17 bits per heavy atom. The molecule has 1 fully saturated rings. The fourth-order valence-electron chi connectivity index (χ4n) is 3.15. The minimum Gasteiger partial charge on any atom is -0.341 e. The van der Waals surface area contributed by atoms with Gasteiger partial charge in [-0.3, -0.25) is 4.79 Å². The first kappa shape index (κ1) is 18.9. The molecule has 1 saturated heterocycles. The molecule has 5 nitrogen and oxygen atoms in total. The molecule has 0 aliphatic carbocycles. The molecule has 0 radical (unpaired) electrons. The first-order chi connectivity index (χ1) is 11.1. The van der Waals surface area contributed by atoms with Crippen molar-refractivity contribution in [2.45, 2.75) is 45.6 Å². The van der Waals surface area contributed by atoms with Crippen molar-refractivity contribution >= 4 is 15.9 Å². The summed E-state index contributed by atoms with van der Waals surface area (Å²) in [6, 6.07) is 9.61. The molecular formula is C18H28N2O3S. The van der Waals surface area contributed by atoms with E-state index in [4.69, 9.17) is 0 Å². The first-order valence-corrected chi connectivity index (χ1v) is 10.3. The van der Waals surface area contributed by atoms with Crippen molar-refractivity contribution in [3.05, 3.63) is 35.9 Å². The molecule has 1 unspecified atom stereocenters. The second-order valence-corrected chi connectivity index (χ2v) is 9.48. The first-order valence-electron chi connectivity index (χ1n) is 8.39. The highest BCUT2D eigenvalue weighted by Gasteiger charge is 2.37. The van der Waals surface area contributed by atoms with Gasteiger partial charge in [0.2, 0.25) is 15.9 Å². The van der Waals surface area contributed by atoms with Crippen LogP contribution in [0.2, 0.25) is 0 Å². The zero-order valence-corrected chi connectivity index (χ0v) is 15.8. The number of carbonyl (C=O) groups is 1. The number of likely N-dealkylation sites (tertiary alicyclic amines) is 1. The predicted molar refractivity (Wildman–Crippen MR) is 96.2 cm³/mol. The van der Waals surface area contributed by atoms with E-state index in [0.717, 1.165) is 19.1 Å². The second-order valence-electron chi connectivity index (χ2n) is 7.70. The van der Waals surface area contributed by atoms with E-state index in [1.54, 1.807) is 4.90 Å². The summed E-state index contributed by atoms with van der Waals surface area (Å²) in [5, 5.41) is 0. The summed E-state index contributed by atoms with van der Waals surface area (Å²) >= 11 is 0. The maximum Gasteiger partial charge on any atom is 0.241 e. The van der Waals surface area contributed by atoms with E-state index in [0.29, 0.717) is 19.0 Å². The Balaban J connectivity index is 2.05. The molecule has 0 bridgehead atoms. The van der Waals surface area contributed by atoms with Gasteiger partial charge in [0.05, 0.1) is 6.26 Å². The number of benzene rings is 1. The van der Waals surface area contributed by atoms with E-state index < -0.39 is 21.5 Å². The SMILES string of the molecule is CC(C)(C)C(NS(C)(=O)=O)C(=O)N1CCC(c2ccccc2)CC1. The predicted octanol–water partition coefficient (Wildman–Crippen LogP) is 2.36. The van der Waals surface area contributed by atoms with Gasteiger partial charge in [-0.25, -0.2) is 13.1 Å². The molecule has 1 aromatic carbocycles. The minimum absolute atomic E-state index is 0.126. The van der Waals surface area contributed by atoms with E-state index in [9.17, 15) is 13.2 Å². The molecule has 1 heterocycles. The highest BCUT2D eigenvalue weighted by atomic mass is 32.2. The van der Waals surface area contributed by atoms with Crippen molar-refractivity contribution in [3.8, 4) is 0 Å². The van der Waals surface area contributed by atoms with Gasteiger partial charge in [0, 0.05) is 13.1 Å². The van der Waals surface area contributed by atoms with Crippen molar-refractivity contribution in [2.24, 2.45) is 5.41 Å². The number of piperidine rings is 1. The molecule has 1 amide bonds. The Hall–Kier alpha value is -1.40. The molecule has 134 valence electrons. The number of rotatable bonds is 4. The lowest BCUT2D eigenvalue weighted by Gasteiger charge is -2.38. The number of nitrogens with zero attached hydrogens (tertiary/aromatic N) is 1. The smallest absolute Gasteiger partial charge is 0.241 e. The van der Waals surface area contributed by atoms with E-state index in [1.165, 1.54) is 5.56 Å². The molecule has 1 atom stereocenters. The fourth-order valence-corrected chi connectivity index (χ4v) is 4.04. The number of amides is 1. The third-order valence-electron chi connectivity index (χ3n) is 4.52. The topological polar surface area (TPSA) is 66.5 Å². The number of nitrogens with one attached hydrogen (secondary N) is 1. The lowest BCUT2D eigenvalue weighted by molar-refractivity contribution is -0.136. The van der Waals surface area contributed by atoms with Crippen LogP contribution in [-0.4, -0.2) is 44.6 Å². The van der Waals surface area contributed by atoms with Crippen molar-refractivity contribution in [2.75, 3.05) is 19.3 Å². The van der Waals surface area contributed by atoms with Crippen molar-refractivity contribution in [3.63, 3.8) is 0 Å². The molecule has 0 saturated carbocycles. The third kappa shape index (κ3) is 5.05. The number of sulfonamides is 1. The average molecular weight is 353 g/mol. The molecule has 1 aliphatic rings. The molecule has 2 rings (SSSR count). The molecule has 0 spiro atoms. The number of hydrogen-bond donors (Lipinski definition) is 1. The van der Waals surface area contributed by atoms with Gasteiger partial charge >= 0.3 is 0 Å². The maximum atomic E-state index is 12.9. The summed E-state index contributed by atoms with van der Waals surface area (Å²) in [5.41, 5.74) is 0.836. The zero-order chi connectivity index (χ0) is 18.0. The van der Waals surface area contributed by atoms with Crippen molar-refractivity contribution in [1.29, 1.82) is 0 Å². The zero-order valence-electron chi connectivity index (χ0n) is 15.0. The van der Waals surface area contributed by atoms with Gasteiger partial charge in [-0.15, -0.1) is 0 Å². The Morgan fingerprint density at radius 3 is 2.17 bits per heavy atom. The summed E-state index contributed by atoms with van der Waals surface area (Å²) in [6.45, 7) is 6.96. The molecule has 6 heteroatoms. The molecule has 1 N–H and O–H groups in total. The Kier molecular flexibility index (Phi) is 5.71. The van der Waals surface area contributed by atoms with E-state index in [-0.39, 0.29) is 5.91 Å². The van der Waals surface area contributed by atoms with Crippen LogP contribution in [0.4, 0.5) is 0 Å². The van der Waals surface area contributed by atoms with Crippen LogP contribution in [0.25, 0.3) is 0 Å². The van der Waals surface area contributed by atoms with Gasteiger partial charge < -0.3 is 4.90 Å². The lowest BCUT2D eigenvalue weighted by Crippen LogP contribution is -2.55. The summed E-state index contributed by atoms with van der Waals surface area (Å²) in [4.78, 5) is 14.7. The van der Waals surface area contributed by atoms with Crippen LogP contribution in [0, 0.1) is 5.41 Å². The summed E-state index contributed by atoms with van der Waals surface area (Å²) < 4.78 is 25.8. The Bertz CT molecular complexity index is 657. The van der Waals surface area contributed by atoms with Crippen LogP contribution in [0.3, 0.4) is 0 Å². The molecular weight excluding hydrogens is 324 g/mol. The van der Waals surface area contributed by atoms with Crippen molar-refractivity contribution < 1.29 is 13.2 Å². The van der Waals surface area contributed by atoms with Gasteiger partial charge in [-0.05, 0) is 29.7 Å². The van der Waals surface area contributed by atoms with Gasteiger partial charge in [-0.1, -0.05) is 51.1 Å². The Morgan fingerprint density at radius 2 is 1.71 bits per heavy atom. The van der Waals surface area contributed by atoms with Gasteiger partial charge in [0.15, 0.2) is 0 Å². The highest BCUT2D eigenvalue weighted by molar-refractivity contribution is 7.88. The average Bonchev–Trinajstić information content (AvgIpc) is 2.51. The quantitative estimate of drug-likeness (QED) is 0.904. The van der Waals surface area contributed by atoms with Crippen LogP contribution in [0.15, 0.2) is 30.3 Å². The minimum atomic E-state index is -3.44. The largest absolute Gasteiger partial charge is 0.341 e. The number of hydrogen-bond acceptors (Lipinski definition) is 3. The van der Waals surface area contributed by atoms with Crippen molar-refractivity contribution in [1.82, 2.24) is 9.62 Å². The van der Waals surface area contributed by atoms with Gasteiger partial charge in [0.1, 0.15) is 6.04 Å². The van der Waals surface area contributed by atoms with Crippen LogP contribution in [0.1, 0.15) is 45.1 Å². The van der Waals surface area contributed by atoms with E-state index in [2.05, 4.69) is 16.9 Å². The van der Waals surface area contributed by atoms with Crippen LogP contribution in [-0.2, 0) is 14.8 Å². The molecule has 24 heavy (non-hydrogen) atoms. The number of carbonyl (C=O) groups excluding carboxylic acids is 1. The normalized spacial score (nSPS) is 18.4. The van der Waals surface area contributed by atoms with Gasteiger partial charge in [-0.2, -0.15) is 0 Å².